The number of para-hydroxylation sites is 1. The van der Waals surface area contributed by atoms with Crippen molar-refractivity contribution >= 4 is 35.2 Å². The zero-order valence-corrected chi connectivity index (χ0v) is 26.2. The Morgan fingerprint density at radius 2 is 1.62 bits per heavy atom. The smallest absolute Gasteiger partial charge is 0.408 e. The molecular formula is C32H46ClN3O4. The summed E-state index contributed by atoms with van der Waals surface area (Å²) in [5.41, 5.74) is 2.39. The van der Waals surface area contributed by atoms with Gasteiger partial charge in [-0.2, -0.15) is 0 Å². The van der Waals surface area contributed by atoms with Gasteiger partial charge in [0.15, 0.2) is 0 Å². The number of ether oxygens (including phenoxy) is 1. The van der Waals surface area contributed by atoms with E-state index in [1.807, 2.05) is 71.0 Å². The molecule has 0 fully saturated rings. The predicted octanol–water partition coefficient (Wildman–Crippen LogP) is 7.46. The van der Waals surface area contributed by atoms with E-state index in [4.69, 9.17) is 16.3 Å². The van der Waals surface area contributed by atoms with Crippen molar-refractivity contribution < 1.29 is 19.1 Å². The number of carbonyl (C=O) groups excluding carboxylic acids is 3. The SMILES string of the molecule is CCc1ccc(C(C(=O)Nc2c(C)cccc2Cl)N(C(=O)C(CC(C)C)NC(=O)OC(C)(C)C)C(C)CC)cc1. The molecule has 40 heavy (non-hydrogen) atoms. The number of alkyl carbamates (subject to hydrolysis) is 1. The van der Waals surface area contributed by atoms with E-state index < -0.39 is 23.8 Å². The number of rotatable bonds is 11. The largest absolute Gasteiger partial charge is 0.444 e. The van der Waals surface area contributed by atoms with Crippen LogP contribution in [0.25, 0.3) is 0 Å². The van der Waals surface area contributed by atoms with Crippen LogP contribution in [0.1, 0.15) is 91.0 Å². The second-order valence-electron chi connectivity index (χ2n) is 11.7. The van der Waals surface area contributed by atoms with Crippen LogP contribution >= 0.6 is 11.6 Å². The number of aryl methyl sites for hydroxylation is 2. The van der Waals surface area contributed by atoms with Crippen molar-refractivity contribution in [3.05, 3.63) is 64.2 Å². The van der Waals surface area contributed by atoms with Gasteiger partial charge in [-0.05, 0) is 82.6 Å². The number of benzene rings is 2. The normalized spacial score (nSPS) is 13.8. The standard InChI is InChI=1S/C32H46ClN3O4/c1-10-22(6)36(30(38)26(19-20(3)4)34-31(39)40-32(7,8)9)28(24-17-15-23(11-2)16-18-24)29(37)35-27-21(5)13-12-14-25(27)33/h12-18,20,22,26,28H,10-11,19H2,1-9H3,(H,34,39)(H,35,37). The minimum atomic E-state index is -0.959. The molecule has 0 aromatic heterocycles. The second kappa shape index (κ2) is 14.5. The quantitative estimate of drug-likeness (QED) is 0.293. The van der Waals surface area contributed by atoms with Crippen LogP contribution in [0.4, 0.5) is 10.5 Å². The van der Waals surface area contributed by atoms with Gasteiger partial charge in [0.1, 0.15) is 17.7 Å². The number of hydrogen-bond acceptors (Lipinski definition) is 4. The lowest BCUT2D eigenvalue weighted by Gasteiger charge is -2.38. The molecule has 3 atom stereocenters. The molecule has 0 spiro atoms. The summed E-state index contributed by atoms with van der Waals surface area (Å²) in [5.74, 6) is -0.622. The zero-order chi connectivity index (χ0) is 30.2. The Labute approximate surface area is 245 Å². The van der Waals surface area contributed by atoms with Crippen LogP contribution in [0, 0.1) is 12.8 Å². The van der Waals surface area contributed by atoms with E-state index in [0.29, 0.717) is 29.1 Å². The Hall–Kier alpha value is -3.06. The fourth-order valence-electron chi connectivity index (χ4n) is 4.47. The van der Waals surface area contributed by atoms with Gasteiger partial charge in [-0.1, -0.05) is 75.7 Å². The molecule has 0 radical (unpaired) electrons. The summed E-state index contributed by atoms with van der Waals surface area (Å²) < 4.78 is 5.48. The molecule has 2 aromatic carbocycles. The third-order valence-corrected chi connectivity index (χ3v) is 7.03. The van der Waals surface area contributed by atoms with E-state index in [1.165, 1.54) is 0 Å². The molecule has 3 unspecified atom stereocenters. The Balaban J connectivity index is 2.62. The molecule has 0 aliphatic heterocycles. The van der Waals surface area contributed by atoms with Crippen molar-refractivity contribution in [3.63, 3.8) is 0 Å². The van der Waals surface area contributed by atoms with E-state index in [0.717, 1.165) is 17.5 Å². The minimum Gasteiger partial charge on any atom is -0.444 e. The topological polar surface area (TPSA) is 87.7 Å². The van der Waals surface area contributed by atoms with Crippen LogP contribution < -0.4 is 10.6 Å². The minimum absolute atomic E-state index is 0.101. The summed E-state index contributed by atoms with van der Waals surface area (Å²) in [6.45, 7) is 17.1. The fourth-order valence-corrected chi connectivity index (χ4v) is 4.74. The first-order valence-corrected chi connectivity index (χ1v) is 14.5. The molecule has 3 amide bonds. The second-order valence-corrected chi connectivity index (χ2v) is 12.2. The number of anilines is 1. The van der Waals surface area contributed by atoms with Gasteiger partial charge in [0.05, 0.1) is 10.7 Å². The van der Waals surface area contributed by atoms with Crippen molar-refractivity contribution in [2.24, 2.45) is 5.92 Å². The van der Waals surface area contributed by atoms with E-state index in [2.05, 4.69) is 17.6 Å². The van der Waals surface area contributed by atoms with E-state index in [-0.39, 0.29) is 23.8 Å². The van der Waals surface area contributed by atoms with Gasteiger partial charge in [0, 0.05) is 6.04 Å². The van der Waals surface area contributed by atoms with E-state index in [1.54, 1.807) is 31.7 Å². The van der Waals surface area contributed by atoms with E-state index >= 15 is 0 Å². The molecule has 0 aliphatic rings. The number of halogens is 1. The van der Waals surface area contributed by atoms with Crippen LogP contribution in [0.15, 0.2) is 42.5 Å². The highest BCUT2D eigenvalue weighted by Gasteiger charge is 2.39. The molecule has 0 saturated heterocycles. The molecule has 0 bridgehead atoms. The molecule has 2 rings (SSSR count). The highest BCUT2D eigenvalue weighted by Crippen LogP contribution is 2.31. The molecule has 2 N–H and O–H groups in total. The van der Waals surface area contributed by atoms with Gasteiger partial charge in [0.2, 0.25) is 5.91 Å². The lowest BCUT2D eigenvalue weighted by atomic mass is 9.96. The Kier molecular flexibility index (Phi) is 12.0. The van der Waals surface area contributed by atoms with Gasteiger partial charge >= 0.3 is 6.09 Å². The lowest BCUT2D eigenvalue weighted by Crippen LogP contribution is -2.55. The number of nitrogens with one attached hydrogen (secondary N) is 2. The maximum Gasteiger partial charge on any atom is 0.408 e. The van der Waals surface area contributed by atoms with Crippen LogP contribution in [-0.4, -0.2) is 40.5 Å². The summed E-state index contributed by atoms with van der Waals surface area (Å²) in [5, 5.41) is 6.20. The first-order chi connectivity index (χ1) is 18.7. The fraction of sp³-hybridized carbons (Fsp3) is 0.531. The van der Waals surface area contributed by atoms with Gasteiger partial charge in [0.25, 0.3) is 5.91 Å². The predicted molar refractivity (Wildman–Crippen MR) is 163 cm³/mol. The number of amides is 3. The van der Waals surface area contributed by atoms with Crippen LogP contribution in [0.2, 0.25) is 5.02 Å². The average molecular weight is 572 g/mol. The van der Waals surface area contributed by atoms with Crippen molar-refractivity contribution in [1.82, 2.24) is 10.2 Å². The number of nitrogens with zero attached hydrogens (tertiary/aromatic N) is 1. The molecule has 0 saturated carbocycles. The molecule has 0 aliphatic carbocycles. The average Bonchev–Trinajstić information content (AvgIpc) is 2.87. The highest BCUT2D eigenvalue weighted by atomic mass is 35.5. The molecule has 2 aromatic rings. The molecule has 7 nitrogen and oxygen atoms in total. The van der Waals surface area contributed by atoms with Crippen LogP contribution in [0.5, 0.6) is 0 Å². The first kappa shape index (κ1) is 33.1. The maximum atomic E-state index is 14.4. The zero-order valence-electron chi connectivity index (χ0n) is 25.4. The lowest BCUT2D eigenvalue weighted by molar-refractivity contribution is -0.143. The third kappa shape index (κ3) is 9.26. The Bertz CT molecular complexity index is 1140. The number of carbonyl (C=O) groups is 3. The molecule has 0 heterocycles. The third-order valence-electron chi connectivity index (χ3n) is 6.72. The van der Waals surface area contributed by atoms with Gasteiger partial charge < -0.3 is 20.3 Å². The van der Waals surface area contributed by atoms with Gasteiger partial charge in [-0.25, -0.2) is 4.79 Å². The van der Waals surface area contributed by atoms with Crippen molar-refractivity contribution in [1.29, 1.82) is 0 Å². The summed E-state index contributed by atoms with van der Waals surface area (Å²) in [6.07, 6.45) is 1.17. The highest BCUT2D eigenvalue weighted by molar-refractivity contribution is 6.34. The molecule has 220 valence electrons. The van der Waals surface area contributed by atoms with Crippen LogP contribution in [0.3, 0.4) is 0 Å². The molecule has 8 heteroatoms. The number of hydrogen-bond donors (Lipinski definition) is 2. The summed E-state index contributed by atoms with van der Waals surface area (Å²) in [7, 11) is 0. The summed E-state index contributed by atoms with van der Waals surface area (Å²) >= 11 is 6.46. The van der Waals surface area contributed by atoms with Crippen molar-refractivity contribution in [3.8, 4) is 0 Å². The summed E-state index contributed by atoms with van der Waals surface area (Å²) in [4.78, 5) is 42.9. The van der Waals surface area contributed by atoms with Gasteiger partial charge in [-0.3, -0.25) is 9.59 Å². The monoisotopic (exact) mass is 571 g/mol. The van der Waals surface area contributed by atoms with Crippen molar-refractivity contribution in [2.45, 2.75) is 105 Å². The summed E-state index contributed by atoms with van der Waals surface area (Å²) in [6, 6.07) is 11.0. The first-order valence-electron chi connectivity index (χ1n) is 14.1. The maximum absolute atomic E-state index is 14.4. The van der Waals surface area contributed by atoms with Gasteiger partial charge in [-0.15, -0.1) is 0 Å². The Morgan fingerprint density at radius 3 is 2.12 bits per heavy atom. The van der Waals surface area contributed by atoms with Crippen LogP contribution in [-0.2, 0) is 20.7 Å². The van der Waals surface area contributed by atoms with E-state index in [9.17, 15) is 14.4 Å². The molecular weight excluding hydrogens is 526 g/mol. The Morgan fingerprint density at radius 1 is 1.00 bits per heavy atom. The van der Waals surface area contributed by atoms with Crippen molar-refractivity contribution in [2.75, 3.05) is 5.32 Å².